The molecule has 1 saturated carbocycles. The molecule has 8 nitrogen and oxygen atoms in total. The smallest absolute Gasteiger partial charge is 0.267 e. The van der Waals surface area contributed by atoms with Crippen LogP contribution >= 0.6 is 11.6 Å². The molecule has 3 rings (SSSR count). The van der Waals surface area contributed by atoms with Gasteiger partial charge in [0, 0.05) is 36.2 Å². The Balaban J connectivity index is 1.48. The van der Waals surface area contributed by atoms with Crippen LogP contribution in [0.1, 0.15) is 47.3 Å². The third-order valence-electron chi connectivity index (χ3n) is 5.15. The minimum absolute atomic E-state index is 0.0437. The zero-order valence-electron chi connectivity index (χ0n) is 15.7. The number of H-pyrrole nitrogens is 2. The predicted octanol–water partition coefficient (Wildman–Crippen LogP) is 1.71. The summed E-state index contributed by atoms with van der Waals surface area (Å²) in [6.07, 6.45) is 6.70. The zero-order chi connectivity index (χ0) is 20.1. The van der Waals surface area contributed by atoms with Gasteiger partial charge >= 0.3 is 0 Å². The Morgan fingerprint density at radius 3 is 2.86 bits per heavy atom. The van der Waals surface area contributed by atoms with Gasteiger partial charge in [-0.2, -0.15) is 0 Å². The molecule has 150 valence electrons. The first-order chi connectivity index (χ1) is 13.4. The SMILES string of the molecule is Cc1[nH][nH]c(=O)c1CC(=O)NC[C@@H]1CCC[C@H](NC(=O)c2ccncc2Cl)C1. The first-order valence-electron chi connectivity index (χ1n) is 9.37. The number of halogens is 1. The highest BCUT2D eigenvalue weighted by Gasteiger charge is 2.25. The van der Waals surface area contributed by atoms with Gasteiger partial charge in [0.15, 0.2) is 0 Å². The number of aromatic nitrogens is 3. The highest BCUT2D eigenvalue weighted by atomic mass is 35.5. The molecular formula is C19H24ClN5O3. The van der Waals surface area contributed by atoms with Gasteiger partial charge in [0.05, 0.1) is 17.0 Å². The van der Waals surface area contributed by atoms with Crippen molar-refractivity contribution in [1.29, 1.82) is 0 Å². The molecular weight excluding hydrogens is 382 g/mol. The van der Waals surface area contributed by atoms with E-state index in [0.717, 1.165) is 25.7 Å². The quantitative estimate of drug-likeness (QED) is 0.584. The van der Waals surface area contributed by atoms with Gasteiger partial charge in [-0.05, 0) is 38.2 Å². The minimum atomic E-state index is -0.261. The van der Waals surface area contributed by atoms with E-state index >= 15 is 0 Å². The van der Waals surface area contributed by atoms with Crippen molar-refractivity contribution in [3.8, 4) is 0 Å². The van der Waals surface area contributed by atoms with Crippen molar-refractivity contribution in [3.05, 3.63) is 50.7 Å². The first kappa shape index (κ1) is 20.1. The van der Waals surface area contributed by atoms with Crippen molar-refractivity contribution in [2.75, 3.05) is 6.54 Å². The molecule has 0 radical (unpaired) electrons. The van der Waals surface area contributed by atoms with Crippen LogP contribution < -0.4 is 16.2 Å². The van der Waals surface area contributed by atoms with Crippen LogP contribution in [0.25, 0.3) is 0 Å². The lowest BCUT2D eigenvalue weighted by atomic mass is 9.85. The Labute approximate surface area is 167 Å². The number of aryl methyl sites for hydroxylation is 1. The summed E-state index contributed by atoms with van der Waals surface area (Å²) in [5.41, 5.74) is 1.29. The molecule has 4 N–H and O–H groups in total. The number of rotatable bonds is 6. The summed E-state index contributed by atoms with van der Waals surface area (Å²) in [5.74, 6) is -0.103. The third kappa shape index (κ3) is 5.01. The summed E-state index contributed by atoms with van der Waals surface area (Å²) in [7, 11) is 0. The molecule has 9 heteroatoms. The number of nitrogens with zero attached hydrogens (tertiary/aromatic N) is 1. The van der Waals surface area contributed by atoms with E-state index in [9.17, 15) is 14.4 Å². The number of aromatic amines is 2. The lowest BCUT2D eigenvalue weighted by molar-refractivity contribution is -0.120. The Hall–Kier alpha value is -2.61. The topological polar surface area (TPSA) is 120 Å². The largest absolute Gasteiger partial charge is 0.356 e. The van der Waals surface area contributed by atoms with Crippen LogP contribution in [0, 0.1) is 12.8 Å². The second kappa shape index (κ2) is 9.05. The normalized spacial score (nSPS) is 19.2. The van der Waals surface area contributed by atoms with Crippen LogP contribution in [0.4, 0.5) is 0 Å². The van der Waals surface area contributed by atoms with E-state index in [2.05, 4.69) is 25.8 Å². The van der Waals surface area contributed by atoms with E-state index in [1.165, 1.54) is 12.4 Å². The molecule has 2 heterocycles. The van der Waals surface area contributed by atoms with Crippen LogP contribution in [-0.2, 0) is 11.2 Å². The summed E-state index contributed by atoms with van der Waals surface area (Å²) in [5, 5.41) is 11.5. The molecule has 28 heavy (non-hydrogen) atoms. The summed E-state index contributed by atoms with van der Waals surface area (Å²) >= 11 is 6.03. The fraction of sp³-hybridized carbons (Fsp3) is 0.474. The molecule has 2 aromatic rings. The lowest BCUT2D eigenvalue weighted by Crippen LogP contribution is -2.41. The van der Waals surface area contributed by atoms with Gasteiger partial charge < -0.3 is 15.7 Å². The Morgan fingerprint density at radius 1 is 1.32 bits per heavy atom. The Bertz CT molecular complexity index is 907. The molecule has 0 unspecified atom stereocenters. The molecule has 2 aromatic heterocycles. The predicted molar refractivity (Wildman–Crippen MR) is 105 cm³/mol. The molecule has 1 aliphatic carbocycles. The summed E-state index contributed by atoms with van der Waals surface area (Å²) in [6.45, 7) is 2.28. The first-order valence-corrected chi connectivity index (χ1v) is 9.75. The van der Waals surface area contributed by atoms with Gasteiger partial charge in [-0.3, -0.25) is 24.5 Å². The van der Waals surface area contributed by atoms with Crippen LogP contribution in [-0.4, -0.2) is 39.6 Å². The number of amides is 2. The van der Waals surface area contributed by atoms with Crippen molar-refractivity contribution in [3.63, 3.8) is 0 Å². The number of carbonyl (C=O) groups is 2. The highest BCUT2D eigenvalue weighted by Crippen LogP contribution is 2.24. The molecule has 2 atom stereocenters. The second-order valence-electron chi connectivity index (χ2n) is 7.22. The molecule has 0 spiro atoms. The van der Waals surface area contributed by atoms with Crippen molar-refractivity contribution in [2.24, 2.45) is 5.92 Å². The van der Waals surface area contributed by atoms with Crippen molar-refractivity contribution in [1.82, 2.24) is 25.8 Å². The molecule has 1 fully saturated rings. The zero-order valence-corrected chi connectivity index (χ0v) is 16.4. The Kier molecular flexibility index (Phi) is 6.51. The van der Waals surface area contributed by atoms with Crippen LogP contribution in [0.3, 0.4) is 0 Å². The van der Waals surface area contributed by atoms with Gasteiger partial charge in [-0.15, -0.1) is 0 Å². The maximum Gasteiger partial charge on any atom is 0.267 e. The molecule has 0 saturated heterocycles. The van der Waals surface area contributed by atoms with Gasteiger partial charge in [-0.25, -0.2) is 0 Å². The van der Waals surface area contributed by atoms with Crippen LogP contribution in [0.5, 0.6) is 0 Å². The molecule has 0 bridgehead atoms. The summed E-state index contributed by atoms with van der Waals surface area (Å²) in [4.78, 5) is 40.1. The van der Waals surface area contributed by atoms with E-state index in [4.69, 9.17) is 11.6 Å². The number of nitrogens with one attached hydrogen (secondary N) is 4. The summed E-state index contributed by atoms with van der Waals surface area (Å²) in [6, 6.07) is 1.64. The number of pyridine rings is 1. The fourth-order valence-corrected chi connectivity index (χ4v) is 3.80. The monoisotopic (exact) mass is 405 g/mol. The van der Waals surface area contributed by atoms with Crippen LogP contribution in [0.2, 0.25) is 5.02 Å². The van der Waals surface area contributed by atoms with Gasteiger partial charge in [0.1, 0.15) is 0 Å². The number of hydrogen-bond donors (Lipinski definition) is 4. The average Bonchev–Trinajstić information content (AvgIpc) is 2.99. The average molecular weight is 406 g/mol. The van der Waals surface area contributed by atoms with E-state index in [1.54, 1.807) is 13.0 Å². The second-order valence-corrected chi connectivity index (χ2v) is 7.63. The number of hydrogen-bond acceptors (Lipinski definition) is 4. The lowest BCUT2D eigenvalue weighted by Gasteiger charge is -2.30. The van der Waals surface area contributed by atoms with Gasteiger partial charge in [0.25, 0.3) is 11.5 Å². The van der Waals surface area contributed by atoms with E-state index < -0.39 is 0 Å². The van der Waals surface area contributed by atoms with E-state index in [1.807, 2.05) is 0 Å². The third-order valence-corrected chi connectivity index (χ3v) is 5.45. The standard InChI is InChI=1S/C19H24ClN5O3/c1-11-15(19(28)25-24-11)8-17(26)22-9-12-3-2-4-13(7-12)23-18(27)14-5-6-21-10-16(14)20/h5-6,10,12-13H,2-4,7-9H2,1H3,(H,22,26)(H,23,27)(H2,24,25,28)/t12-,13+/m1/s1. The highest BCUT2D eigenvalue weighted by molar-refractivity contribution is 6.33. The maximum absolute atomic E-state index is 12.4. The summed E-state index contributed by atoms with van der Waals surface area (Å²) < 4.78 is 0. The fourth-order valence-electron chi connectivity index (χ4n) is 3.60. The van der Waals surface area contributed by atoms with Gasteiger partial charge in [0.2, 0.25) is 5.91 Å². The van der Waals surface area contributed by atoms with Crippen molar-refractivity contribution >= 4 is 23.4 Å². The van der Waals surface area contributed by atoms with Crippen molar-refractivity contribution < 1.29 is 9.59 Å². The molecule has 2 amide bonds. The van der Waals surface area contributed by atoms with Crippen LogP contribution in [0.15, 0.2) is 23.3 Å². The van der Waals surface area contributed by atoms with Crippen molar-refractivity contribution in [2.45, 2.75) is 45.1 Å². The maximum atomic E-state index is 12.4. The molecule has 0 aliphatic heterocycles. The van der Waals surface area contributed by atoms with Gasteiger partial charge in [-0.1, -0.05) is 18.0 Å². The minimum Gasteiger partial charge on any atom is -0.356 e. The molecule has 1 aliphatic rings. The van der Waals surface area contributed by atoms with E-state index in [-0.39, 0.29) is 35.8 Å². The van der Waals surface area contributed by atoms with E-state index in [0.29, 0.717) is 28.4 Å². The molecule has 0 aromatic carbocycles. The number of carbonyl (C=O) groups excluding carboxylic acids is 2. The Morgan fingerprint density at radius 2 is 2.14 bits per heavy atom.